The van der Waals surface area contributed by atoms with Crippen LogP contribution in [0.2, 0.25) is 0 Å². The Morgan fingerprint density at radius 2 is 2.00 bits per heavy atom. The molecule has 2 heterocycles. The van der Waals surface area contributed by atoms with Gasteiger partial charge in [0, 0.05) is 18.5 Å². The molecule has 0 bridgehead atoms. The highest BCUT2D eigenvalue weighted by Gasteiger charge is 2.23. The minimum absolute atomic E-state index is 0.432. The van der Waals surface area contributed by atoms with Gasteiger partial charge < -0.3 is 9.80 Å². The van der Waals surface area contributed by atoms with Crippen LogP contribution in [-0.4, -0.2) is 54.9 Å². The van der Waals surface area contributed by atoms with E-state index >= 15 is 0 Å². The van der Waals surface area contributed by atoms with Crippen molar-refractivity contribution in [1.29, 1.82) is 0 Å². The summed E-state index contributed by atoms with van der Waals surface area (Å²) >= 11 is 6.19. The van der Waals surface area contributed by atoms with Gasteiger partial charge in [0.2, 0.25) is 0 Å². The monoisotopic (exact) mass is 230 g/mol. The summed E-state index contributed by atoms with van der Waals surface area (Å²) in [6.07, 6.45) is 5.07. The van der Waals surface area contributed by atoms with Gasteiger partial charge in [-0.15, -0.1) is 11.6 Å². The topological polar surface area (TPSA) is 6.48 Å². The molecular weight excluding hydrogens is 208 g/mol. The number of rotatable bonds is 2. The van der Waals surface area contributed by atoms with Gasteiger partial charge in [0.25, 0.3) is 0 Å². The van der Waals surface area contributed by atoms with E-state index in [1.54, 1.807) is 0 Å². The largest absolute Gasteiger partial charge is 0.306 e. The van der Waals surface area contributed by atoms with E-state index < -0.39 is 0 Å². The first-order valence-corrected chi connectivity index (χ1v) is 6.72. The second kappa shape index (κ2) is 5.51. The molecule has 0 aromatic carbocycles. The predicted molar refractivity (Wildman–Crippen MR) is 65.5 cm³/mol. The molecule has 2 aliphatic heterocycles. The predicted octanol–water partition coefficient (Wildman–Crippen LogP) is 2.03. The molecule has 0 aliphatic carbocycles. The highest BCUT2D eigenvalue weighted by Crippen LogP contribution is 2.20. The van der Waals surface area contributed by atoms with Gasteiger partial charge in [0.1, 0.15) is 0 Å². The van der Waals surface area contributed by atoms with Gasteiger partial charge in [-0.1, -0.05) is 0 Å². The lowest BCUT2D eigenvalue weighted by molar-refractivity contribution is 0.238. The third-order valence-corrected chi connectivity index (χ3v) is 4.19. The molecule has 0 spiro atoms. The van der Waals surface area contributed by atoms with E-state index in [1.165, 1.54) is 58.4 Å². The fraction of sp³-hybridized carbons (Fsp3) is 1.00. The fourth-order valence-corrected chi connectivity index (χ4v) is 3.09. The van der Waals surface area contributed by atoms with Gasteiger partial charge in [-0.2, -0.15) is 0 Å². The van der Waals surface area contributed by atoms with Crippen LogP contribution in [0.5, 0.6) is 0 Å². The minimum atomic E-state index is 0.432. The van der Waals surface area contributed by atoms with Crippen LogP contribution < -0.4 is 0 Å². The zero-order chi connectivity index (χ0) is 10.7. The average molecular weight is 231 g/mol. The van der Waals surface area contributed by atoms with Crippen LogP contribution in [0.15, 0.2) is 0 Å². The van der Waals surface area contributed by atoms with E-state index in [9.17, 15) is 0 Å². The van der Waals surface area contributed by atoms with Crippen LogP contribution in [-0.2, 0) is 0 Å². The zero-order valence-electron chi connectivity index (χ0n) is 9.79. The minimum Gasteiger partial charge on any atom is -0.306 e. The Hall–Kier alpha value is 0.210. The average Bonchev–Trinajstić information content (AvgIpc) is 2.48. The molecule has 2 unspecified atom stereocenters. The quantitative estimate of drug-likeness (QED) is 0.670. The maximum Gasteiger partial charge on any atom is 0.0348 e. The van der Waals surface area contributed by atoms with Crippen molar-refractivity contribution < 1.29 is 0 Å². The SMILES string of the molecule is CN1CCC(CN2CCCC(Cl)CC2)C1. The molecule has 2 aliphatic rings. The maximum absolute atomic E-state index is 6.19. The number of hydrogen-bond acceptors (Lipinski definition) is 2. The van der Waals surface area contributed by atoms with E-state index in [2.05, 4.69) is 16.8 Å². The summed E-state index contributed by atoms with van der Waals surface area (Å²) in [5.41, 5.74) is 0. The summed E-state index contributed by atoms with van der Waals surface area (Å²) in [5, 5.41) is 0.432. The molecular formula is C12H23ClN2. The summed E-state index contributed by atoms with van der Waals surface area (Å²) in [5.74, 6) is 0.905. The van der Waals surface area contributed by atoms with Crippen LogP contribution >= 0.6 is 11.6 Å². The van der Waals surface area contributed by atoms with Gasteiger partial charge in [0.05, 0.1) is 0 Å². The molecule has 2 atom stereocenters. The summed E-state index contributed by atoms with van der Waals surface area (Å²) < 4.78 is 0. The first-order valence-electron chi connectivity index (χ1n) is 6.29. The van der Waals surface area contributed by atoms with Crippen molar-refractivity contribution in [2.75, 3.05) is 39.8 Å². The van der Waals surface area contributed by atoms with Crippen molar-refractivity contribution in [1.82, 2.24) is 9.80 Å². The van der Waals surface area contributed by atoms with Gasteiger partial charge >= 0.3 is 0 Å². The Morgan fingerprint density at radius 1 is 1.13 bits per heavy atom. The van der Waals surface area contributed by atoms with Crippen LogP contribution in [0.4, 0.5) is 0 Å². The zero-order valence-corrected chi connectivity index (χ0v) is 10.5. The van der Waals surface area contributed by atoms with Gasteiger partial charge in [-0.25, -0.2) is 0 Å². The first kappa shape index (κ1) is 11.7. The second-order valence-corrected chi connectivity index (χ2v) is 5.86. The number of halogens is 1. The van der Waals surface area contributed by atoms with Crippen molar-refractivity contribution in [3.63, 3.8) is 0 Å². The lowest BCUT2D eigenvalue weighted by atomic mass is 10.1. The van der Waals surface area contributed by atoms with E-state index in [4.69, 9.17) is 11.6 Å². The summed E-state index contributed by atoms with van der Waals surface area (Å²) in [6.45, 7) is 6.36. The van der Waals surface area contributed by atoms with Gasteiger partial charge in [-0.05, 0) is 58.3 Å². The van der Waals surface area contributed by atoms with Crippen molar-refractivity contribution in [3.8, 4) is 0 Å². The van der Waals surface area contributed by atoms with E-state index in [-0.39, 0.29) is 0 Å². The molecule has 2 rings (SSSR count). The van der Waals surface area contributed by atoms with Gasteiger partial charge in [0.15, 0.2) is 0 Å². The lowest BCUT2D eigenvalue weighted by Crippen LogP contribution is -2.31. The van der Waals surface area contributed by atoms with Gasteiger partial charge in [-0.3, -0.25) is 0 Å². The molecule has 0 aromatic rings. The number of alkyl halides is 1. The standard InChI is InChI=1S/C12H23ClN2/c1-14-7-4-11(9-14)10-15-6-2-3-12(13)5-8-15/h11-12H,2-10H2,1H3. The summed E-state index contributed by atoms with van der Waals surface area (Å²) in [7, 11) is 2.23. The Kier molecular flexibility index (Phi) is 4.30. The molecule has 2 fully saturated rings. The smallest absolute Gasteiger partial charge is 0.0348 e. The van der Waals surface area contributed by atoms with Crippen LogP contribution in [0.25, 0.3) is 0 Å². The lowest BCUT2D eigenvalue weighted by Gasteiger charge is -2.23. The molecule has 0 amide bonds. The highest BCUT2D eigenvalue weighted by molar-refractivity contribution is 6.20. The number of likely N-dealkylation sites (tertiary alicyclic amines) is 2. The van der Waals surface area contributed by atoms with E-state index in [0.29, 0.717) is 5.38 Å². The molecule has 0 radical (unpaired) electrons. The molecule has 2 nitrogen and oxygen atoms in total. The first-order chi connectivity index (χ1) is 7.24. The molecule has 3 heteroatoms. The molecule has 0 N–H and O–H groups in total. The Morgan fingerprint density at radius 3 is 2.73 bits per heavy atom. The third-order valence-electron chi connectivity index (χ3n) is 3.76. The third kappa shape index (κ3) is 3.61. The van der Waals surface area contributed by atoms with Crippen LogP contribution in [0.3, 0.4) is 0 Å². The highest BCUT2D eigenvalue weighted by atomic mass is 35.5. The number of nitrogens with zero attached hydrogens (tertiary/aromatic N) is 2. The maximum atomic E-state index is 6.19. The molecule has 15 heavy (non-hydrogen) atoms. The molecule has 88 valence electrons. The van der Waals surface area contributed by atoms with Crippen molar-refractivity contribution >= 4 is 11.6 Å². The molecule has 0 aromatic heterocycles. The Balaban J connectivity index is 1.74. The Bertz CT molecular complexity index is 198. The van der Waals surface area contributed by atoms with E-state index in [1.807, 2.05) is 0 Å². The van der Waals surface area contributed by atoms with E-state index in [0.717, 1.165) is 5.92 Å². The second-order valence-electron chi connectivity index (χ2n) is 5.25. The number of hydrogen-bond donors (Lipinski definition) is 0. The van der Waals surface area contributed by atoms with Crippen molar-refractivity contribution in [2.24, 2.45) is 5.92 Å². The summed E-state index contributed by atoms with van der Waals surface area (Å²) in [4.78, 5) is 5.08. The fourth-order valence-electron chi connectivity index (χ4n) is 2.84. The van der Waals surface area contributed by atoms with Crippen LogP contribution in [0.1, 0.15) is 25.7 Å². The molecule has 0 saturated carbocycles. The Labute approximate surface area is 98.6 Å². The van der Waals surface area contributed by atoms with Crippen molar-refractivity contribution in [2.45, 2.75) is 31.1 Å². The normalized spacial score (nSPS) is 35.6. The van der Waals surface area contributed by atoms with Crippen molar-refractivity contribution in [3.05, 3.63) is 0 Å². The molecule has 2 saturated heterocycles. The van der Waals surface area contributed by atoms with Crippen LogP contribution in [0, 0.1) is 5.92 Å². The summed E-state index contributed by atoms with van der Waals surface area (Å²) in [6, 6.07) is 0.